The molecule has 9 heteroatoms. The summed E-state index contributed by atoms with van der Waals surface area (Å²) >= 11 is 0. The zero-order chi connectivity index (χ0) is 25.8. The quantitative estimate of drug-likeness (QED) is 0.450. The van der Waals surface area contributed by atoms with Crippen LogP contribution in [-0.4, -0.2) is 59.9 Å². The van der Waals surface area contributed by atoms with Crippen LogP contribution in [0, 0.1) is 12.8 Å². The lowest BCUT2D eigenvalue weighted by molar-refractivity contribution is 0.0962. The highest BCUT2D eigenvalue weighted by molar-refractivity contribution is 7.81. The fourth-order valence-electron chi connectivity index (χ4n) is 4.43. The van der Waals surface area contributed by atoms with Crippen molar-refractivity contribution < 1.29 is 17.9 Å². The topological polar surface area (TPSA) is 84.1 Å². The molecule has 1 fully saturated rings. The summed E-state index contributed by atoms with van der Waals surface area (Å²) in [7, 11) is -0.0899. The molecule has 1 aliphatic heterocycles. The first kappa shape index (κ1) is 26.9. The molecule has 3 atom stereocenters. The molecular formula is C27H36N3O4PS. The molecule has 1 saturated carbocycles. The molecule has 1 aromatic carbocycles. The van der Waals surface area contributed by atoms with E-state index in [0.29, 0.717) is 41.2 Å². The van der Waals surface area contributed by atoms with Crippen LogP contribution in [-0.2, 0) is 15.5 Å². The van der Waals surface area contributed by atoms with E-state index in [9.17, 15) is 9.00 Å². The molecule has 1 aliphatic carbocycles. The summed E-state index contributed by atoms with van der Waals surface area (Å²) in [5.41, 5.74) is 3.98. The maximum atomic E-state index is 13.1. The van der Waals surface area contributed by atoms with Crippen molar-refractivity contribution in [1.82, 2.24) is 9.62 Å². The number of nitrogens with one attached hydrogen (secondary N) is 1. The minimum atomic E-state index is -1.23. The molecule has 36 heavy (non-hydrogen) atoms. The van der Waals surface area contributed by atoms with Crippen molar-refractivity contribution in [3.63, 3.8) is 0 Å². The lowest BCUT2D eigenvalue weighted by Crippen LogP contribution is -2.37. The van der Waals surface area contributed by atoms with Crippen LogP contribution < -0.4 is 16.1 Å². The highest BCUT2D eigenvalue weighted by Gasteiger charge is 2.31. The summed E-state index contributed by atoms with van der Waals surface area (Å²) in [6, 6.07) is 7.93. The van der Waals surface area contributed by atoms with Gasteiger partial charge in [-0.15, -0.1) is 0 Å². The predicted octanol–water partition coefficient (Wildman–Crippen LogP) is 3.74. The number of allylic oxidation sites excluding steroid dienone is 1. The second kappa shape index (κ2) is 12.0. The molecule has 1 N–H and O–H groups in total. The first-order valence-corrected chi connectivity index (χ1v) is 15.9. The van der Waals surface area contributed by atoms with Gasteiger partial charge in [0, 0.05) is 40.2 Å². The van der Waals surface area contributed by atoms with Gasteiger partial charge < -0.3 is 14.3 Å². The van der Waals surface area contributed by atoms with E-state index in [1.54, 1.807) is 13.3 Å². The Kier molecular flexibility index (Phi) is 8.94. The maximum absolute atomic E-state index is 13.1. The Bertz CT molecular complexity index is 1270. The van der Waals surface area contributed by atoms with Crippen molar-refractivity contribution in [3.8, 4) is 11.3 Å². The molecular weight excluding hydrogens is 493 g/mol. The predicted molar refractivity (Wildman–Crippen MR) is 147 cm³/mol. The molecule has 0 bridgehead atoms. The number of benzene rings is 1. The van der Waals surface area contributed by atoms with Crippen LogP contribution in [0.1, 0.15) is 42.1 Å². The largest absolute Gasteiger partial charge is 0.437 e. The monoisotopic (exact) mass is 529 g/mol. The molecule has 2 aliphatic rings. The number of amides is 1. The molecule has 4 rings (SSSR count). The van der Waals surface area contributed by atoms with E-state index in [4.69, 9.17) is 13.9 Å². The Labute approximate surface area is 217 Å². The van der Waals surface area contributed by atoms with E-state index in [1.807, 2.05) is 42.4 Å². The van der Waals surface area contributed by atoms with Gasteiger partial charge in [0.25, 0.3) is 5.91 Å². The average Bonchev–Trinajstić information content (AvgIpc) is 3.66. The van der Waals surface area contributed by atoms with Crippen LogP contribution in [0.2, 0.25) is 0 Å². The van der Waals surface area contributed by atoms with Gasteiger partial charge in [-0.25, -0.2) is 9.20 Å². The first-order valence-electron chi connectivity index (χ1n) is 12.5. The molecule has 0 spiro atoms. The summed E-state index contributed by atoms with van der Waals surface area (Å²) in [4.78, 5) is 18.0. The fourth-order valence-corrected chi connectivity index (χ4v) is 6.38. The molecule has 194 valence electrons. The number of hydrogen-bond donors (Lipinski definition) is 1. The highest BCUT2D eigenvalue weighted by Crippen LogP contribution is 2.38. The minimum absolute atomic E-state index is 0.209. The second-order valence-electron chi connectivity index (χ2n) is 9.29. The smallest absolute Gasteiger partial charge is 0.255 e. The van der Waals surface area contributed by atoms with E-state index in [2.05, 4.69) is 24.1 Å². The minimum Gasteiger partial charge on any atom is -0.437 e. The number of rotatable bonds is 11. The maximum Gasteiger partial charge on any atom is 0.255 e. The summed E-state index contributed by atoms with van der Waals surface area (Å²) < 4.78 is 26.8. The van der Waals surface area contributed by atoms with Gasteiger partial charge in [0.1, 0.15) is 11.9 Å². The summed E-state index contributed by atoms with van der Waals surface area (Å²) in [6.45, 7) is 7.51. The molecule has 0 radical (unpaired) electrons. The molecule has 0 saturated heterocycles. The zero-order valence-corrected chi connectivity index (χ0v) is 23.5. The Morgan fingerprint density at radius 2 is 2.03 bits per heavy atom. The Balaban J connectivity index is 1.79. The number of carbonyl (C=O) groups is 1. The van der Waals surface area contributed by atoms with Gasteiger partial charge in [0.2, 0.25) is 5.55 Å². The Morgan fingerprint density at radius 3 is 2.64 bits per heavy atom. The van der Waals surface area contributed by atoms with Gasteiger partial charge in [0.05, 0.1) is 21.8 Å². The molecule has 2 aromatic rings. The first-order chi connectivity index (χ1) is 17.3. The zero-order valence-electron chi connectivity index (χ0n) is 21.7. The summed E-state index contributed by atoms with van der Waals surface area (Å²) in [5, 5.41) is 3.47. The highest BCUT2D eigenvalue weighted by atomic mass is 32.2. The van der Waals surface area contributed by atoms with E-state index in [1.165, 1.54) is 0 Å². The summed E-state index contributed by atoms with van der Waals surface area (Å²) in [6.07, 6.45) is 9.44. The van der Waals surface area contributed by atoms with Gasteiger partial charge in [0.15, 0.2) is 0 Å². The van der Waals surface area contributed by atoms with E-state index in [-0.39, 0.29) is 5.91 Å². The molecule has 1 aromatic heterocycles. The normalized spacial score (nSPS) is 18.9. The van der Waals surface area contributed by atoms with E-state index < -0.39 is 25.3 Å². The summed E-state index contributed by atoms with van der Waals surface area (Å²) in [5.74, 6) is 0.726. The number of furan rings is 1. The van der Waals surface area contributed by atoms with Crippen molar-refractivity contribution in [2.45, 2.75) is 39.3 Å². The van der Waals surface area contributed by atoms with Gasteiger partial charge in [-0.2, -0.15) is 4.31 Å². The molecule has 1 amide bonds. The van der Waals surface area contributed by atoms with E-state index in [0.717, 1.165) is 42.1 Å². The van der Waals surface area contributed by atoms with Crippen LogP contribution in [0.5, 0.6) is 0 Å². The third-order valence-electron chi connectivity index (χ3n) is 6.47. The van der Waals surface area contributed by atoms with Gasteiger partial charge in [-0.1, -0.05) is 29.8 Å². The average molecular weight is 530 g/mol. The van der Waals surface area contributed by atoms with Gasteiger partial charge >= 0.3 is 0 Å². The lowest BCUT2D eigenvalue weighted by Gasteiger charge is -2.24. The van der Waals surface area contributed by atoms with Gasteiger partial charge in [-0.3, -0.25) is 4.79 Å². The van der Waals surface area contributed by atoms with Crippen molar-refractivity contribution >= 4 is 31.1 Å². The molecule has 2 heterocycles. The van der Waals surface area contributed by atoms with Crippen LogP contribution in [0.4, 0.5) is 0 Å². The van der Waals surface area contributed by atoms with Crippen molar-refractivity contribution in [3.05, 3.63) is 57.8 Å². The lowest BCUT2D eigenvalue weighted by atomic mass is 10.0. The number of carbonyl (C=O) groups excluding carboxylic acids is 1. The Hall–Kier alpha value is -2.12. The van der Waals surface area contributed by atoms with E-state index >= 15 is 0 Å². The van der Waals surface area contributed by atoms with Crippen molar-refractivity contribution in [2.24, 2.45) is 10.9 Å². The standard InChI is InChI=1S/C27H36N3O4PS/c1-6-33-35(4)15-7-14-30(36(5)32)23-17-21(19-12-13-19)16-22-24(26(31)28-3)25(34-27(22)29-23)20-10-8-18(2)9-11-20/h8-11,16-17,19,23H,6-7,12-15H2,1-5H3,(H,28,31). The fraction of sp³-hybridized carbons (Fsp3) is 0.481. The molecule has 3 unspecified atom stereocenters. The van der Waals surface area contributed by atoms with Crippen molar-refractivity contribution in [2.75, 3.05) is 39.3 Å². The number of fused-ring (bicyclic) bond motifs is 1. The van der Waals surface area contributed by atoms with Crippen LogP contribution in [0.15, 0.2) is 45.3 Å². The SMILES string of the molecule is CCOP(C)CCCN(C1C=C(C2CC2)C=c2c(C(=O)NC)c(-c3ccc(C)cc3)oc2=N1)S(C)=O. The number of aryl methyl sites for hydroxylation is 1. The van der Waals surface area contributed by atoms with Gasteiger partial charge in [-0.05, 0) is 69.6 Å². The van der Waals surface area contributed by atoms with Crippen LogP contribution in [0.25, 0.3) is 17.4 Å². The Morgan fingerprint density at radius 1 is 1.31 bits per heavy atom. The third kappa shape index (κ3) is 6.23. The molecule has 7 nitrogen and oxygen atoms in total. The van der Waals surface area contributed by atoms with Crippen LogP contribution in [0.3, 0.4) is 0 Å². The number of hydrogen-bond acceptors (Lipinski definition) is 5. The van der Waals surface area contributed by atoms with Crippen molar-refractivity contribution in [1.29, 1.82) is 0 Å². The number of nitrogens with zero attached hydrogens (tertiary/aromatic N) is 2. The third-order valence-corrected chi connectivity index (χ3v) is 9.17. The second-order valence-corrected chi connectivity index (χ2v) is 12.6. The van der Waals surface area contributed by atoms with Crippen LogP contribution >= 0.6 is 8.15 Å².